The maximum absolute atomic E-state index is 12.6. The Morgan fingerprint density at radius 2 is 1.86 bits per heavy atom. The number of methoxy groups -OCH3 is 2. The predicted octanol–water partition coefficient (Wildman–Crippen LogP) is 3.13. The molecule has 2 rings (SSSR count). The van der Waals surface area contributed by atoms with E-state index in [1.54, 1.807) is 25.1 Å². The van der Waals surface area contributed by atoms with Crippen molar-refractivity contribution in [2.45, 2.75) is 45.6 Å². The van der Waals surface area contributed by atoms with E-state index < -0.39 is 12.0 Å². The van der Waals surface area contributed by atoms with Gasteiger partial charge in [-0.2, -0.15) is 0 Å². The second-order valence-electron chi connectivity index (χ2n) is 6.68. The summed E-state index contributed by atoms with van der Waals surface area (Å²) in [5.74, 6) is 0.293. The predicted molar refractivity (Wildman–Crippen MR) is 102 cm³/mol. The third-order valence-electron chi connectivity index (χ3n) is 4.60. The quantitative estimate of drug-likeness (QED) is 0.676. The lowest BCUT2D eigenvalue weighted by Crippen LogP contribution is -2.31. The summed E-state index contributed by atoms with van der Waals surface area (Å²) < 4.78 is 15.6. The Morgan fingerprint density at radius 3 is 2.39 bits per heavy atom. The van der Waals surface area contributed by atoms with E-state index in [1.807, 2.05) is 13.8 Å². The van der Waals surface area contributed by atoms with Crippen LogP contribution in [-0.4, -0.2) is 36.4 Å². The van der Waals surface area contributed by atoms with Crippen LogP contribution in [0.5, 0.6) is 11.5 Å². The first-order chi connectivity index (χ1) is 13.3. The number of amides is 1. The van der Waals surface area contributed by atoms with Crippen molar-refractivity contribution in [1.29, 1.82) is 0 Å². The van der Waals surface area contributed by atoms with E-state index in [-0.39, 0.29) is 24.7 Å². The van der Waals surface area contributed by atoms with Crippen molar-refractivity contribution < 1.29 is 28.7 Å². The molecule has 2 unspecified atom stereocenters. The smallest absolute Gasteiger partial charge is 0.305 e. The topological polar surface area (TPSA) is 111 Å². The number of hydrogen-bond donors (Lipinski definition) is 2. The SMILES string of the molecule is COc1ccc(C(CC(=O)O)NC(=O)CC(C)c2c(C)noc2C)cc1OC. The molecule has 0 radical (unpaired) electrons. The first-order valence-corrected chi connectivity index (χ1v) is 8.92. The van der Waals surface area contributed by atoms with Gasteiger partial charge < -0.3 is 24.4 Å². The summed E-state index contributed by atoms with van der Waals surface area (Å²) in [6.07, 6.45) is -0.0623. The minimum atomic E-state index is -1.01. The molecule has 0 aliphatic heterocycles. The number of carbonyl (C=O) groups excluding carboxylic acids is 1. The van der Waals surface area contributed by atoms with Gasteiger partial charge in [0.25, 0.3) is 0 Å². The number of aliphatic carboxylic acids is 1. The van der Waals surface area contributed by atoms with Crippen LogP contribution in [0.1, 0.15) is 54.3 Å². The summed E-state index contributed by atoms with van der Waals surface area (Å²) in [6.45, 7) is 5.55. The summed E-state index contributed by atoms with van der Waals surface area (Å²) in [5.41, 5.74) is 2.27. The molecule has 1 heterocycles. The second kappa shape index (κ2) is 9.25. The number of ether oxygens (including phenoxy) is 2. The molecule has 1 aromatic carbocycles. The van der Waals surface area contributed by atoms with Crippen molar-refractivity contribution in [2.24, 2.45) is 0 Å². The molecule has 0 saturated carbocycles. The highest BCUT2D eigenvalue weighted by atomic mass is 16.5. The molecule has 0 spiro atoms. The third-order valence-corrected chi connectivity index (χ3v) is 4.60. The monoisotopic (exact) mass is 390 g/mol. The summed E-state index contributed by atoms with van der Waals surface area (Å²) >= 11 is 0. The largest absolute Gasteiger partial charge is 0.493 e. The molecule has 2 atom stereocenters. The fourth-order valence-electron chi connectivity index (χ4n) is 3.32. The first-order valence-electron chi connectivity index (χ1n) is 8.92. The van der Waals surface area contributed by atoms with Gasteiger partial charge in [-0.3, -0.25) is 9.59 Å². The fraction of sp³-hybridized carbons (Fsp3) is 0.450. The number of aryl methyl sites for hydroxylation is 2. The Balaban J connectivity index is 2.17. The van der Waals surface area contributed by atoms with Crippen molar-refractivity contribution in [2.75, 3.05) is 14.2 Å². The summed E-state index contributed by atoms with van der Waals surface area (Å²) in [6, 6.07) is 4.38. The number of nitrogens with zero attached hydrogens (tertiary/aromatic N) is 1. The summed E-state index contributed by atoms with van der Waals surface area (Å²) in [5, 5.41) is 16.0. The number of carboxylic acid groups (broad SMARTS) is 1. The van der Waals surface area contributed by atoms with Gasteiger partial charge >= 0.3 is 5.97 Å². The Labute approximate surface area is 163 Å². The normalized spacial score (nSPS) is 12.9. The van der Waals surface area contributed by atoms with E-state index in [1.165, 1.54) is 14.2 Å². The number of carbonyl (C=O) groups is 2. The zero-order valence-corrected chi connectivity index (χ0v) is 16.7. The van der Waals surface area contributed by atoms with Gasteiger partial charge in [0.05, 0.1) is 32.4 Å². The van der Waals surface area contributed by atoms with Gasteiger partial charge in [0.15, 0.2) is 11.5 Å². The van der Waals surface area contributed by atoms with Crippen molar-refractivity contribution in [1.82, 2.24) is 10.5 Å². The third kappa shape index (κ3) is 5.03. The van der Waals surface area contributed by atoms with Crippen molar-refractivity contribution in [3.05, 3.63) is 40.8 Å². The van der Waals surface area contributed by atoms with Crippen LogP contribution in [0.25, 0.3) is 0 Å². The van der Waals surface area contributed by atoms with Gasteiger partial charge in [0.1, 0.15) is 5.76 Å². The average molecular weight is 390 g/mol. The molecule has 1 amide bonds. The molecule has 28 heavy (non-hydrogen) atoms. The lowest BCUT2D eigenvalue weighted by atomic mass is 9.95. The highest BCUT2D eigenvalue weighted by Crippen LogP contribution is 2.31. The zero-order valence-electron chi connectivity index (χ0n) is 16.7. The van der Waals surface area contributed by atoms with Gasteiger partial charge in [-0.15, -0.1) is 0 Å². The standard InChI is InChI=1S/C20H26N2O6/c1-11(20-12(2)22-28-13(20)3)8-18(23)21-15(10-19(24)25)14-6-7-16(26-4)17(9-14)27-5/h6-7,9,11,15H,8,10H2,1-5H3,(H,21,23)(H,24,25). The molecule has 0 fully saturated rings. The molecule has 2 N–H and O–H groups in total. The molecule has 0 aliphatic carbocycles. The number of nitrogens with one attached hydrogen (secondary N) is 1. The second-order valence-corrected chi connectivity index (χ2v) is 6.68. The van der Waals surface area contributed by atoms with Gasteiger partial charge in [0.2, 0.25) is 5.91 Å². The van der Waals surface area contributed by atoms with E-state index in [4.69, 9.17) is 14.0 Å². The van der Waals surface area contributed by atoms with Crippen LogP contribution in [0.2, 0.25) is 0 Å². The van der Waals surface area contributed by atoms with Gasteiger partial charge in [-0.25, -0.2) is 0 Å². The molecule has 1 aromatic heterocycles. The highest BCUT2D eigenvalue weighted by Gasteiger charge is 2.23. The van der Waals surface area contributed by atoms with Gasteiger partial charge in [-0.1, -0.05) is 18.1 Å². The molecule has 8 heteroatoms. The fourth-order valence-corrected chi connectivity index (χ4v) is 3.32. The molecular formula is C20H26N2O6. The highest BCUT2D eigenvalue weighted by molar-refractivity contribution is 5.78. The summed E-state index contributed by atoms with van der Waals surface area (Å²) in [7, 11) is 3.02. The van der Waals surface area contributed by atoms with Crippen LogP contribution in [0.4, 0.5) is 0 Å². The lowest BCUT2D eigenvalue weighted by Gasteiger charge is -2.20. The van der Waals surface area contributed by atoms with Crippen LogP contribution < -0.4 is 14.8 Å². The van der Waals surface area contributed by atoms with Crippen LogP contribution in [0, 0.1) is 13.8 Å². The molecular weight excluding hydrogens is 364 g/mol. The van der Waals surface area contributed by atoms with Crippen molar-refractivity contribution in [3.8, 4) is 11.5 Å². The number of carboxylic acids is 1. The Bertz CT molecular complexity index is 826. The Hall–Kier alpha value is -3.03. The Morgan fingerprint density at radius 1 is 1.18 bits per heavy atom. The van der Waals surface area contributed by atoms with E-state index in [2.05, 4.69) is 10.5 Å². The van der Waals surface area contributed by atoms with Gasteiger partial charge in [0, 0.05) is 12.0 Å². The molecule has 152 valence electrons. The molecule has 0 aliphatic rings. The van der Waals surface area contributed by atoms with Crippen molar-refractivity contribution >= 4 is 11.9 Å². The molecule has 2 aromatic rings. The van der Waals surface area contributed by atoms with Crippen molar-refractivity contribution in [3.63, 3.8) is 0 Å². The van der Waals surface area contributed by atoms with E-state index in [0.29, 0.717) is 22.8 Å². The number of rotatable bonds is 9. The Kier molecular flexibility index (Phi) is 7.03. The van der Waals surface area contributed by atoms with E-state index in [0.717, 1.165) is 11.3 Å². The maximum Gasteiger partial charge on any atom is 0.305 e. The molecule has 0 bridgehead atoms. The number of hydrogen-bond acceptors (Lipinski definition) is 6. The minimum absolute atomic E-state index is 0.109. The van der Waals surface area contributed by atoms with Crippen LogP contribution in [-0.2, 0) is 9.59 Å². The first kappa shape index (κ1) is 21.3. The zero-order chi connectivity index (χ0) is 20.8. The minimum Gasteiger partial charge on any atom is -0.493 e. The number of aromatic nitrogens is 1. The maximum atomic E-state index is 12.6. The van der Waals surface area contributed by atoms with Crippen LogP contribution in [0.3, 0.4) is 0 Å². The average Bonchev–Trinajstić information content (AvgIpc) is 2.98. The lowest BCUT2D eigenvalue weighted by molar-refractivity contribution is -0.137. The van der Waals surface area contributed by atoms with Crippen LogP contribution >= 0.6 is 0 Å². The molecule has 8 nitrogen and oxygen atoms in total. The number of benzene rings is 1. The van der Waals surface area contributed by atoms with E-state index in [9.17, 15) is 14.7 Å². The van der Waals surface area contributed by atoms with E-state index >= 15 is 0 Å². The van der Waals surface area contributed by atoms with Gasteiger partial charge in [-0.05, 0) is 37.5 Å². The van der Waals surface area contributed by atoms with Crippen LogP contribution in [0.15, 0.2) is 22.7 Å². The molecule has 0 saturated heterocycles. The summed E-state index contributed by atoms with van der Waals surface area (Å²) in [4.78, 5) is 23.9.